The molecule has 1 saturated carbocycles. The highest BCUT2D eigenvalue weighted by Gasteiger charge is 2.30. The highest BCUT2D eigenvalue weighted by molar-refractivity contribution is 7.17. The second kappa shape index (κ2) is 10.8. The second-order valence-corrected chi connectivity index (χ2v) is 11.8. The minimum absolute atomic E-state index is 0.223. The number of benzene rings is 1. The smallest absolute Gasteiger partial charge is 0.276 e. The van der Waals surface area contributed by atoms with Gasteiger partial charge in [0.2, 0.25) is 0 Å². The van der Waals surface area contributed by atoms with Crippen LogP contribution >= 0.6 is 11.3 Å². The van der Waals surface area contributed by atoms with Crippen molar-refractivity contribution in [2.45, 2.75) is 25.7 Å². The zero-order chi connectivity index (χ0) is 27.9. The van der Waals surface area contributed by atoms with Gasteiger partial charge in [0.1, 0.15) is 5.69 Å². The third-order valence-corrected chi connectivity index (χ3v) is 9.19. The lowest BCUT2D eigenvalue weighted by Crippen LogP contribution is -2.37. The molecule has 0 atom stereocenters. The average molecular weight is 569 g/mol. The molecule has 41 heavy (non-hydrogen) atoms. The Kier molecular flexibility index (Phi) is 6.84. The number of carbonyl (C=O) groups excluding carboxylic acids is 2. The summed E-state index contributed by atoms with van der Waals surface area (Å²) in [5.74, 6) is 0.419. The molecule has 0 spiro atoms. The predicted molar refractivity (Wildman–Crippen MR) is 157 cm³/mol. The van der Waals surface area contributed by atoms with Crippen LogP contribution in [-0.2, 0) is 11.2 Å². The van der Waals surface area contributed by atoms with Crippen LogP contribution in [0.5, 0.6) is 0 Å². The summed E-state index contributed by atoms with van der Waals surface area (Å²) in [6.07, 6.45) is 5.17. The SMILES string of the molecule is O=C(CC1CC1)c1cc2c(s1)-c1ccccc1N(C(=O)c1cccc(-c3cnc(N4CCOCC4)c(F)c3)n1)CC2. The zero-order valence-electron chi connectivity index (χ0n) is 22.5. The number of pyridine rings is 2. The Morgan fingerprint density at radius 1 is 1.02 bits per heavy atom. The molecule has 0 radical (unpaired) electrons. The van der Waals surface area contributed by atoms with E-state index in [1.54, 1.807) is 29.3 Å². The Morgan fingerprint density at radius 2 is 1.85 bits per heavy atom. The number of amides is 1. The van der Waals surface area contributed by atoms with E-state index in [1.165, 1.54) is 17.4 Å². The molecule has 9 heteroatoms. The molecule has 4 aromatic rings. The molecule has 2 aliphatic heterocycles. The van der Waals surface area contributed by atoms with Crippen molar-refractivity contribution in [3.05, 3.63) is 82.7 Å². The lowest BCUT2D eigenvalue weighted by Gasteiger charge is -2.28. The van der Waals surface area contributed by atoms with Crippen LogP contribution in [0.3, 0.4) is 0 Å². The Labute approximate surface area is 241 Å². The Morgan fingerprint density at radius 3 is 2.66 bits per heavy atom. The van der Waals surface area contributed by atoms with Crippen LogP contribution in [0, 0.1) is 11.7 Å². The molecule has 208 valence electrons. The van der Waals surface area contributed by atoms with E-state index < -0.39 is 5.82 Å². The molecule has 7 nitrogen and oxygen atoms in total. The number of ether oxygens (including phenoxy) is 1. The molecule has 5 heterocycles. The minimum atomic E-state index is -0.425. The number of para-hydroxylation sites is 1. The van der Waals surface area contributed by atoms with E-state index in [0.717, 1.165) is 39.4 Å². The third-order valence-electron chi connectivity index (χ3n) is 7.94. The molecular weight excluding hydrogens is 539 g/mol. The van der Waals surface area contributed by atoms with E-state index >= 15 is 4.39 Å². The molecular formula is C32H29FN4O3S. The maximum absolute atomic E-state index is 15.1. The fraction of sp³-hybridized carbons (Fsp3) is 0.312. The quantitative estimate of drug-likeness (QED) is 0.264. The predicted octanol–water partition coefficient (Wildman–Crippen LogP) is 6.03. The van der Waals surface area contributed by atoms with E-state index in [4.69, 9.17) is 4.74 Å². The van der Waals surface area contributed by atoms with Crippen molar-refractivity contribution in [3.8, 4) is 21.7 Å². The Hall–Kier alpha value is -3.95. The number of nitrogens with zero attached hydrogens (tertiary/aromatic N) is 4. The van der Waals surface area contributed by atoms with Crippen LogP contribution in [0.1, 0.15) is 45.0 Å². The van der Waals surface area contributed by atoms with E-state index in [-0.39, 0.29) is 17.4 Å². The van der Waals surface area contributed by atoms with E-state index in [1.807, 2.05) is 35.2 Å². The molecule has 7 rings (SSSR count). The van der Waals surface area contributed by atoms with Gasteiger partial charge in [-0.2, -0.15) is 0 Å². The van der Waals surface area contributed by atoms with Crippen molar-refractivity contribution >= 4 is 34.5 Å². The number of hydrogen-bond acceptors (Lipinski definition) is 7. The molecule has 1 amide bonds. The summed E-state index contributed by atoms with van der Waals surface area (Å²) in [4.78, 5) is 41.3. The molecule has 0 unspecified atom stereocenters. The van der Waals surface area contributed by atoms with Crippen molar-refractivity contribution in [3.63, 3.8) is 0 Å². The van der Waals surface area contributed by atoms with Gasteiger partial charge in [0.15, 0.2) is 17.4 Å². The number of Topliss-reactive ketones (excluding diaryl/α,β-unsaturated/α-hetero) is 1. The van der Waals surface area contributed by atoms with Gasteiger partial charge in [0.25, 0.3) is 5.91 Å². The fourth-order valence-electron chi connectivity index (χ4n) is 5.56. The first-order chi connectivity index (χ1) is 20.0. The number of carbonyl (C=O) groups is 2. The first kappa shape index (κ1) is 26.0. The third kappa shape index (κ3) is 5.15. The van der Waals surface area contributed by atoms with Crippen molar-refractivity contribution in [1.29, 1.82) is 0 Å². The standard InChI is InChI=1S/C32H29FN4O3S/c33-24-17-22(19-34-31(24)36-12-14-40-15-13-36)25-5-3-6-26(35-25)32(39)37-11-10-21-18-29(28(38)16-20-8-9-20)41-30(21)23-4-1-2-7-27(23)37/h1-7,17-20H,8-16H2. The van der Waals surface area contributed by atoms with Crippen molar-refractivity contribution in [2.24, 2.45) is 5.92 Å². The number of thiophene rings is 1. The summed E-state index contributed by atoms with van der Waals surface area (Å²) in [7, 11) is 0. The number of morpholine rings is 1. The van der Waals surface area contributed by atoms with E-state index in [0.29, 0.717) is 68.7 Å². The van der Waals surface area contributed by atoms with E-state index in [2.05, 4.69) is 9.97 Å². The van der Waals surface area contributed by atoms with Gasteiger partial charge in [-0.25, -0.2) is 14.4 Å². The molecule has 3 aromatic heterocycles. The van der Waals surface area contributed by atoms with Crippen LogP contribution in [0.4, 0.5) is 15.9 Å². The molecule has 3 aliphatic rings. The number of rotatable bonds is 6. The summed E-state index contributed by atoms with van der Waals surface area (Å²) >= 11 is 1.54. The second-order valence-electron chi connectivity index (χ2n) is 10.8. The van der Waals surface area contributed by atoms with Crippen LogP contribution < -0.4 is 9.80 Å². The van der Waals surface area contributed by atoms with Gasteiger partial charge in [0.05, 0.1) is 29.5 Å². The monoisotopic (exact) mass is 568 g/mol. The largest absolute Gasteiger partial charge is 0.378 e. The molecule has 0 bridgehead atoms. The number of ketones is 1. The normalized spacial score (nSPS) is 16.6. The fourth-order valence-corrected chi connectivity index (χ4v) is 6.75. The highest BCUT2D eigenvalue weighted by atomic mass is 32.1. The van der Waals surface area contributed by atoms with Crippen molar-refractivity contribution < 1.29 is 18.7 Å². The first-order valence-electron chi connectivity index (χ1n) is 14.1. The summed E-state index contributed by atoms with van der Waals surface area (Å²) in [5, 5.41) is 0. The van der Waals surface area contributed by atoms with Gasteiger partial charge in [-0.05, 0) is 61.1 Å². The van der Waals surface area contributed by atoms with Gasteiger partial charge in [-0.1, -0.05) is 24.3 Å². The number of halogens is 1. The number of aromatic nitrogens is 2. The summed E-state index contributed by atoms with van der Waals surface area (Å²) in [6, 6.07) is 16.5. The maximum Gasteiger partial charge on any atom is 0.276 e. The van der Waals surface area contributed by atoms with Crippen LogP contribution in [0.15, 0.2) is 60.8 Å². The van der Waals surface area contributed by atoms with E-state index in [9.17, 15) is 9.59 Å². The summed E-state index contributed by atoms with van der Waals surface area (Å²) < 4.78 is 20.4. The number of fused-ring (bicyclic) bond motifs is 3. The lowest BCUT2D eigenvalue weighted by molar-refractivity contribution is 0.0972. The summed E-state index contributed by atoms with van der Waals surface area (Å²) in [6.45, 7) is 2.73. The maximum atomic E-state index is 15.1. The zero-order valence-corrected chi connectivity index (χ0v) is 23.3. The van der Waals surface area contributed by atoms with Gasteiger partial charge < -0.3 is 14.5 Å². The molecule has 0 N–H and O–H groups in total. The molecule has 1 saturated heterocycles. The first-order valence-corrected chi connectivity index (χ1v) is 14.9. The average Bonchev–Trinajstić information content (AvgIpc) is 3.75. The van der Waals surface area contributed by atoms with Gasteiger partial charge in [0, 0.05) is 48.3 Å². The van der Waals surface area contributed by atoms with Gasteiger partial charge >= 0.3 is 0 Å². The van der Waals surface area contributed by atoms with Crippen molar-refractivity contribution in [1.82, 2.24) is 9.97 Å². The Balaban J connectivity index is 1.16. The molecule has 2 fully saturated rings. The number of anilines is 2. The van der Waals surface area contributed by atoms with Crippen molar-refractivity contribution in [2.75, 3.05) is 42.6 Å². The van der Waals surface area contributed by atoms with Crippen LogP contribution in [0.2, 0.25) is 0 Å². The molecule has 1 aromatic carbocycles. The minimum Gasteiger partial charge on any atom is -0.378 e. The number of hydrogen-bond donors (Lipinski definition) is 0. The van der Waals surface area contributed by atoms with Crippen LogP contribution in [0.25, 0.3) is 21.7 Å². The highest BCUT2D eigenvalue weighted by Crippen LogP contribution is 2.43. The van der Waals surface area contributed by atoms with Gasteiger partial charge in [-0.3, -0.25) is 9.59 Å². The molecule has 1 aliphatic carbocycles. The van der Waals surface area contributed by atoms with Gasteiger partial charge in [-0.15, -0.1) is 11.3 Å². The Bertz CT molecular complexity index is 1640. The van der Waals surface area contributed by atoms with Crippen LogP contribution in [-0.4, -0.2) is 54.5 Å². The summed E-state index contributed by atoms with van der Waals surface area (Å²) in [5.41, 5.74) is 4.12. The topological polar surface area (TPSA) is 75.6 Å². The lowest BCUT2D eigenvalue weighted by atomic mass is 10.1.